The Morgan fingerprint density at radius 3 is 2.95 bits per heavy atom. The lowest BCUT2D eigenvalue weighted by molar-refractivity contribution is -0.120. The molecule has 106 valence electrons. The number of hydrogen-bond acceptors (Lipinski definition) is 3. The Morgan fingerprint density at radius 1 is 1.55 bits per heavy atom. The van der Waals surface area contributed by atoms with E-state index in [2.05, 4.69) is 27.3 Å². The summed E-state index contributed by atoms with van der Waals surface area (Å²) in [7, 11) is 0. The molecule has 4 nitrogen and oxygen atoms in total. The smallest absolute Gasteiger partial charge is 0.245 e. The molecule has 0 radical (unpaired) electrons. The molecule has 0 saturated carbocycles. The second kappa shape index (κ2) is 6.38. The highest BCUT2D eigenvalue weighted by molar-refractivity contribution is 9.10. The van der Waals surface area contributed by atoms with Crippen molar-refractivity contribution in [2.24, 2.45) is 0 Å². The number of anilines is 1. The van der Waals surface area contributed by atoms with Crippen LogP contribution in [0.3, 0.4) is 0 Å². The van der Waals surface area contributed by atoms with E-state index < -0.39 is 6.04 Å². The second-order valence-corrected chi connectivity index (χ2v) is 6.05. The molecule has 1 heterocycles. The Labute approximate surface area is 127 Å². The standard InChI is InChI=1S/C15H18BrN3O/c1-10-9-12(3-4-13(10)16)19-8-6-11(2)18-14(5-7-17)15(19)20/h3-4,9,11,14,18H,5-6,8H2,1-2H3. The first kappa shape index (κ1) is 15.0. The monoisotopic (exact) mass is 335 g/mol. The van der Waals surface area contributed by atoms with Gasteiger partial charge in [-0.1, -0.05) is 15.9 Å². The van der Waals surface area contributed by atoms with Crippen LogP contribution in [0.5, 0.6) is 0 Å². The Hall–Kier alpha value is -1.38. The van der Waals surface area contributed by atoms with Gasteiger partial charge in [0.2, 0.25) is 5.91 Å². The molecule has 1 aromatic carbocycles. The van der Waals surface area contributed by atoms with Crippen molar-refractivity contribution in [2.75, 3.05) is 11.4 Å². The summed E-state index contributed by atoms with van der Waals surface area (Å²) in [6, 6.07) is 7.81. The summed E-state index contributed by atoms with van der Waals surface area (Å²) in [5.41, 5.74) is 1.99. The lowest BCUT2D eigenvalue weighted by Crippen LogP contribution is -2.45. The van der Waals surface area contributed by atoms with Crippen LogP contribution in [-0.4, -0.2) is 24.5 Å². The fourth-order valence-electron chi connectivity index (χ4n) is 2.41. The molecule has 1 aromatic rings. The molecule has 0 aliphatic carbocycles. The van der Waals surface area contributed by atoms with Crippen molar-refractivity contribution in [2.45, 2.75) is 38.8 Å². The number of halogens is 1. The van der Waals surface area contributed by atoms with Crippen molar-refractivity contribution in [1.29, 1.82) is 5.26 Å². The predicted octanol–water partition coefficient (Wildman–Crippen LogP) is 2.75. The molecule has 2 rings (SSSR count). The van der Waals surface area contributed by atoms with Gasteiger partial charge in [-0.25, -0.2) is 0 Å². The molecule has 0 spiro atoms. The minimum Gasteiger partial charge on any atom is -0.311 e. The first-order chi connectivity index (χ1) is 9.52. The minimum atomic E-state index is -0.415. The van der Waals surface area contributed by atoms with Crippen LogP contribution in [0.15, 0.2) is 22.7 Å². The first-order valence-electron chi connectivity index (χ1n) is 6.73. The van der Waals surface area contributed by atoms with Crippen LogP contribution in [0, 0.1) is 18.3 Å². The topological polar surface area (TPSA) is 56.1 Å². The van der Waals surface area contributed by atoms with Gasteiger partial charge in [-0.2, -0.15) is 5.26 Å². The van der Waals surface area contributed by atoms with Crippen LogP contribution < -0.4 is 10.2 Å². The number of nitrogens with one attached hydrogen (secondary N) is 1. The Morgan fingerprint density at radius 2 is 2.30 bits per heavy atom. The summed E-state index contributed by atoms with van der Waals surface area (Å²) in [5.74, 6) is -0.0161. The van der Waals surface area contributed by atoms with E-state index in [1.54, 1.807) is 4.90 Å². The largest absolute Gasteiger partial charge is 0.311 e. The SMILES string of the molecule is Cc1cc(N2CCC(C)NC(CC#N)C2=O)ccc1Br. The molecule has 2 unspecified atom stereocenters. The summed E-state index contributed by atoms with van der Waals surface area (Å²) in [6.45, 7) is 4.73. The number of nitriles is 1. The van der Waals surface area contributed by atoms with E-state index >= 15 is 0 Å². The van der Waals surface area contributed by atoms with E-state index in [0.29, 0.717) is 6.54 Å². The molecule has 20 heavy (non-hydrogen) atoms. The van der Waals surface area contributed by atoms with Crippen molar-refractivity contribution >= 4 is 27.5 Å². The number of hydrogen-bond donors (Lipinski definition) is 1. The van der Waals surface area contributed by atoms with Gasteiger partial charge in [-0.3, -0.25) is 4.79 Å². The van der Waals surface area contributed by atoms with Gasteiger partial charge in [0.05, 0.1) is 12.5 Å². The molecule has 1 fully saturated rings. The van der Waals surface area contributed by atoms with E-state index in [1.165, 1.54) is 0 Å². The normalized spacial score (nSPS) is 23.3. The average Bonchev–Trinajstić information content (AvgIpc) is 2.54. The van der Waals surface area contributed by atoms with Crippen molar-refractivity contribution < 1.29 is 4.79 Å². The van der Waals surface area contributed by atoms with Crippen LogP contribution in [0.4, 0.5) is 5.69 Å². The van der Waals surface area contributed by atoms with Crippen molar-refractivity contribution in [3.63, 3.8) is 0 Å². The molecule has 0 aromatic heterocycles. The summed E-state index contributed by atoms with van der Waals surface area (Å²) >= 11 is 3.47. The van der Waals surface area contributed by atoms with Gasteiger partial charge >= 0.3 is 0 Å². The second-order valence-electron chi connectivity index (χ2n) is 5.19. The number of carbonyl (C=O) groups is 1. The zero-order valence-corrected chi connectivity index (χ0v) is 13.3. The van der Waals surface area contributed by atoms with E-state index in [9.17, 15) is 4.79 Å². The molecule has 1 aliphatic heterocycles. The number of carbonyl (C=O) groups excluding carboxylic acids is 1. The number of benzene rings is 1. The van der Waals surface area contributed by atoms with Crippen LogP contribution in [0.2, 0.25) is 0 Å². The molecule has 1 saturated heterocycles. The summed E-state index contributed by atoms with van der Waals surface area (Å²) in [6.07, 6.45) is 1.08. The fraction of sp³-hybridized carbons (Fsp3) is 0.467. The van der Waals surface area contributed by atoms with Gasteiger partial charge in [-0.15, -0.1) is 0 Å². The molecule has 1 amide bonds. The van der Waals surface area contributed by atoms with Crippen LogP contribution in [-0.2, 0) is 4.79 Å². The predicted molar refractivity (Wildman–Crippen MR) is 82.5 cm³/mol. The molecule has 1 aliphatic rings. The Bertz CT molecular complexity index is 553. The average molecular weight is 336 g/mol. The Kier molecular flexibility index (Phi) is 4.79. The first-order valence-corrected chi connectivity index (χ1v) is 7.52. The molecular formula is C15H18BrN3O. The number of nitrogens with zero attached hydrogens (tertiary/aromatic N) is 2. The zero-order valence-electron chi connectivity index (χ0n) is 11.7. The van der Waals surface area contributed by atoms with Gasteiger partial charge < -0.3 is 10.2 Å². The van der Waals surface area contributed by atoms with Gasteiger partial charge in [0.1, 0.15) is 6.04 Å². The van der Waals surface area contributed by atoms with Crippen LogP contribution >= 0.6 is 15.9 Å². The minimum absolute atomic E-state index is 0.0161. The van der Waals surface area contributed by atoms with Gasteiger partial charge in [0.25, 0.3) is 0 Å². The third kappa shape index (κ3) is 3.20. The number of amides is 1. The summed E-state index contributed by atoms with van der Waals surface area (Å²) in [4.78, 5) is 14.4. The van der Waals surface area contributed by atoms with Gasteiger partial charge in [-0.05, 0) is 44.0 Å². The van der Waals surface area contributed by atoms with Crippen molar-refractivity contribution in [3.8, 4) is 6.07 Å². The van der Waals surface area contributed by atoms with Crippen LogP contribution in [0.25, 0.3) is 0 Å². The van der Waals surface area contributed by atoms with Crippen LogP contribution in [0.1, 0.15) is 25.3 Å². The van der Waals surface area contributed by atoms with Gasteiger partial charge in [0.15, 0.2) is 0 Å². The zero-order chi connectivity index (χ0) is 14.7. The Balaban J connectivity index is 2.31. The maximum atomic E-state index is 12.6. The van der Waals surface area contributed by atoms with Gasteiger partial charge in [0, 0.05) is 22.7 Å². The van der Waals surface area contributed by atoms with E-state index in [0.717, 1.165) is 22.1 Å². The van der Waals surface area contributed by atoms with Crippen molar-refractivity contribution in [3.05, 3.63) is 28.2 Å². The highest BCUT2D eigenvalue weighted by atomic mass is 79.9. The molecule has 2 atom stereocenters. The maximum Gasteiger partial charge on any atom is 0.245 e. The third-order valence-electron chi connectivity index (χ3n) is 3.58. The molecular weight excluding hydrogens is 318 g/mol. The maximum absolute atomic E-state index is 12.6. The lowest BCUT2D eigenvalue weighted by atomic mass is 10.1. The highest BCUT2D eigenvalue weighted by Crippen LogP contribution is 2.25. The third-order valence-corrected chi connectivity index (χ3v) is 4.47. The molecule has 0 bridgehead atoms. The van der Waals surface area contributed by atoms with Crippen molar-refractivity contribution in [1.82, 2.24) is 5.32 Å². The summed E-state index contributed by atoms with van der Waals surface area (Å²) < 4.78 is 1.03. The molecule has 5 heteroatoms. The quantitative estimate of drug-likeness (QED) is 0.904. The number of aryl methyl sites for hydroxylation is 1. The van der Waals surface area contributed by atoms with E-state index in [-0.39, 0.29) is 18.4 Å². The molecule has 1 N–H and O–H groups in total. The lowest BCUT2D eigenvalue weighted by Gasteiger charge is -2.24. The highest BCUT2D eigenvalue weighted by Gasteiger charge is 2.30. The van der Waals surface area contributed by atoms with E-state index in [1.807, 2.05) is 32.0 Å². The summed E-state index contributed by atoms with van der Waals surface area (Å²) in [5, 5.41) is 12.1. The number of rotatable bonds is 2. The fourth-order valence-corrected chi connectivity index (χ4v) is 2.66. The van der Waals surface area contributed by atoms with E-state index in [4.69, 9.17) is 5.26 Å².